The van der Waals surface area contributed by atoms with Gasteiger partial charge in [0.1, 0.15) is 6.07 Å². The van der Waals surface area contributed by atoms with Crippen LogP contribution in [0.1, 0.15) is 26.3 Å². The summed E-state index contributed by atoms with van der Waals surface area (Å²) in [4.78, 5) is 31.9. The maximum Gasteiger partial charge on any atom is 0.337 e. The number of aromatic nitrogens is 2. The third-order valence-electron chi connectivity index (χ3n) is 3.77. The van der Waals surface area contributed by atoms with E-state index >= 15 is 0 Å². The molecule has 3 aromatic rings. The maximum absolute atomic E-state index is 12.3. The summed E-state index contributed by atoms with van der Waals surface area (Å²) in [5.74, 6) is -0.580. The molecule has 28 heavy (non-hydrogen) atoms. The van der Waals surface area contributed by atoms with Gasteiger partial charge in [-0.05, 0) is 36.4 Å². The number of hydrogen-bond donors (Lipinski definition) is 2. The summed E-state index contributed by atoms with van der Waals surface area (Å²) in [7, 11) is 1.30. The molecule has 138 valence electrons. The van der Waals surface area contributed by atoms with E-state index in [1.165, 1.54) is 19.5 Å². The Hall–Kier alpha value is -4.25. The van der Waals surface area contributed by atoms with Gasteiger partial charge < -0.3 is 15.4 Å². The number of nitrogens with one attached hydrogen (secondary N) is 2. The van der Waals surface area contributed by atoms with Crippen molar-refractivity contribution >= 4 is 29.2 Å². The van der Waals surface area contributed by atoms with Gasteiger partial charge in [-0.15, -0.1) is 0 Å². The quantitative estimate of drug-likeness (QED) is 0.660. The number of rotatable bonds is 5. The predicted octanol–water partition coefficient (Wildman–Crippen LogP) is 3.13. The van der Waals surface area contributed by atoms with Gasteiger partial charge in [0, 0.05) is 18.1 Å². The number of ether oxygens (including phenoxy) is 1. The summed E-state index contributed by atoms with van der Waals surface area (Å²) >= 11 is 0. The van der Waals surface area contributed by atoms with Gasteiger partial charge in [-0.25, -0.2) is 14.8 Å². The maximum atomic E-state index is 12.3. The van der Waals surface area contributed by atoms with Crippen molar-refractivity contribution in [3.8, 4) is 6.07 Å². The summed E-state index contributed by atoms with van der Waals surface area (Å²) in [6.45, 7) is 0. The van der Waals surface area contributed by atoms with Crippen molar-refractivity contribution in [2.45, 2.75) is 0 Å². The summed E-state index contributed by atoms with van der Waals surface area (Å²) in [6.07, 6.45) is 2.75. The summed E-state index contributed by atoms with van der Waals surface area (Å²) in [6, 6.07) is 15.3. The summed E-state index contributed by atoms with van der Waals surface area (Å²) < 4.78 is 4.63. The Bertz CT molecular complexity index is 1040. The molecule has 0 spiro atoms. The Morgan fingerprint density at radius 3 is 2.32 bits per heavy atom. The zero-order valence-electron chi connectivity index (χ0n) is 14.8. The van der Waals surface area contributed by atoms with Crippen LogP contribution in [-0.4, -0.2) is 29.0 Å². The van der Waals surface area contributed by atoms with Gasteiger partial charge in [-0.3, -0.25) is 4.79 Å². The van der Waals surface area contributed by atoms with Crippen LogP contribution >= 0.6 is 0 Å². The fraction of sp³-hybridized carbons (Fsp3) is 0.0500. The fourth-order valence-electron chi connectivity index (χ4n) is 2.33. The molecule has 1 amide bonds. The molecule has 0 fully saturated rings. The SMILES string of the molecule is COC(=O)c1ccc(NC(=O)c2cnc(Nc3ccccc3C#N)nc2)cc1. The predicted molar refractivity (Wildman–Crippen MR) is 102 cm³/mol. The van der Waals surface area contributed by atoms with E-state index in [-0.39, 0.29) is 11.5 Å². The van der Waals surface area contributed by atoms with Crippen LogP contribution in [0.4, 0.5) is 17.3 Å². The number of esters is 1. The third-order valence-corrected chi connectivity index (χ3v) is 3.77. The second-order valence-electron chi connectivity index (χ2n) is 5.60. The Balaban J connectivity index is 1.67. The molecule has 0 radical (unpaired) electrons. The van der Waals surface area contributed by atoms with E-state index in [1.54, 1.807) is 48.5 Å². The molecule has 1 aromatic heterocycles. The molecule has 8 nitrogen and oxygen atoms in total. The highest BCUT2D eigenvalue weighted by molar-refractivity contribution is 6.04. The average Bonchev–Trinajstić information content (AvgIpc) is 2.74. The minimum Gasteiger partial charge on any atom is -0.465 e. The largest absolute Gasteiger partial charge is 0.465 e. The Morgan fingerprint density at radius 1 is 1.00 bits per heavy atom. The van der Waals surface area contributed by atoms with E-state index in [1.807, 2.05) is 0 Å². The normalized spacial score (nSPS) is 9.86. The van der Waals surface area contributed by atoms with Crippen LogP contribution in [0.15, 0.2) is 60.9 Å². The molecule has 8 heteroatoms. The van der Waals surface area contributed by atoms with Gasteiger partial charge in [0.05, 0.1) is 29.5 Å². The molecule has 2 aromatic carbocycles. The van der Waals surface area contributed by atoms with Crippen molar-refractivity contribution in [1.82, 2.24) is 9.97 Å². The molecule has 0 aliphatic rings. The van der Waals surface area contributed by atoms with Crippen LogP contribution in [0.2, 0.25) is 0 Å². The van der Waals surface area contributed by atoms with Crippen molar-refractivity contribution in [2.24, 2.45) is 0 Å². The van der Waals surface area contributed by atoms with Crippen LogP contribution in [0, 0.1) is 11.3 Å². The van der Waals surface area contributed by atoms with Crippen LogP contribution in [0.3, 0.4) is 0 Å². The first kappa shape index (κ1) is 18.5. The molecule has 2 N–H and O–H groups in total. The monoisotopic (exact) mass is 373 g/mol. The number of nitriles is 1. The van der Waals surface area contributed by atoms with Crippen LogP contribution < -0.4 is 10.6 Å². The molecule has 1 heterocycles. The van der Waals surface area contributed by atoms with E-state index in [9.17, 15) is 9.59 Å². The van der Waals surface area contributed by atoms with Crippen LogP contribution in [0.25, 0.3) is 0 Å². The molecule has 0 unspecified atom stereocenters. The third kappa shape index (κ3) is 4.28. The second-order valence-corrected chi connectivity index (χ2v) is 5.60. The number of amides is 1. The fourth-order valence-corrected chi connectivity index (χ4v) is 2.33. The number of carbonyl (C=O) groups is 2. The second kappa shape index (κ2) is 8.42. The van der Waals surface area contributed by atoms with Gasteiger partial charge in [-0.1, -0.05) is 12.1 Å². The van der Waals surface area contributed by atoms with Crippen molar-refractivity contribution in [1.29, 1.82) is 5.26 Å². The Labute approximate surface area is 160 Å². The standard InChI is InChI=1S/C20H15N5O3/c1-28-19(27)13-6-8-16(9-7-13)24-18(26)15-11-22-20(23-12-15)25-17-5-3-2-4-14(17)10-21/h2-9,11-12H,1H3,(H,24,26)(H,22,23,25). The van der Waals surface area contributed by atoms with Gasteiger partial charge >= 0.3 is 5.97 Å². The highest BCUT2D eigenvalue weighted by atomic mass is 16.5. The zero-order valence-corrected chi connectivity index (χ0v) is 14.8. The topological polar surface area (TPSA) is 117 Å². The van der Waals surface area contributed by atoms with Crippen molar-refractivity contribution in [3.05, 3.63) is 77.6 Å². The highest BCUT2D eigenvalue weighted by Crippen LogP contribution is 2.17. The zero-order chi connectivity index (χ0) is 19.9. The van der Waals surface area contributed by atoms with E-state index in [2.05, 4.69) is 31.4 Å². The van der Waals surface area contributed by atoms with E-state index in [0.717, 1.165) is 0 Å². The van der Waals surface area contributed by atoms with E-state index in [0.29, 0.717) is 22.5 Å². The number of para-hydroxylation sites is 1. The Kier molecular flexibility index (Phi) is 5.58. The summed E-state index contributed by atoms with van der Waals surface area (Å²) in [5, 5.41) is 14.7. The number of nitrogens with zero attached hydrogens (tertiary/aromatic N) is 3. The lowest BCUT2D eigenvalue weighted by Gasteiger charge is -2.08. The highest BCUT2D eigenvalue weighted by Gasteiger charge is 2.10. The number of benzene rings is 2. The average molecular weight is 373 g/mol. The van der Waals surface area contributed by atoms with Gasteiger partial charge in [0.2, 0.25) is 5.95 Å². The molecule has 0 bridgehead atoms. The minimum absolute atomic E-state index is 0.260. The van der Waals surface area contributed by atoms with Crippen LogP contribution in [-0.2, 0) is 4.74 Å². The van der Waals surface area contributed by atoms with Crippen molar-refractivity contribution < 1.29 is 14.3 Å². The summed E-state index contributed by atoms with van der Waals surface area (Å²) in [5.41, 5.74) is 2.20. The molecule has 0 atom stereocenters. The van der Waals surface area contributed by atoms with Crippen molar-refractivity contribution in [2.75, 3.05) is 17.7 Å². The van der Waals surface area contributed by atoms with Gasteiger partial charge in [0.25, 0.3) is 5.91 Å². The van der Waals surface area contributed by atoms with Crippen LogP contribution in [0.5, 0.6) is 0 Å². The molecular formula is C20H15N5O3. The molecule has 0 saturated heterocycles. The smallest absolute Gasteiger partial charge is 0.337 e. The number of carbonyl (C=O) groups excluding carboxylic acids is 2. The lowest BCUT2D eigenvalue weighted by Crippen LogP contribution is -2.13. The molecular weight excluding hydrogens is 358 g/mol. The van der Waals surface area contributed by atoms with Gasteiger partial charge in [-0.2, -0.15) is 5.26 Å². The molecule has 0 aliphatic carbocycles. The molecule has 0 aliphatic heterocycles. The first-order valence-corrected chi connectivity index (χ1v) is 8.18. The number of methoxy groups -OCH3 is 1. The number of anilines is 3. The van der Waals surface area contributed by atoms with E-state index in [4.69, 9.17) is 5.26 Å². The van der Waals surface area contributed by atoms with Gasteiger partial charge in [0.15, 0.2) is 0 Å². The first-order chi connectivity index (χ1) is 13.6. The molecule has 3 rings (SSSR count). The Morgan fingerprint density at radius 2 is 1.68 bits per heavy atom. The molecule has 0 saturated carbocycles. The lowest BCUT2D eigenvalue weighted by atomic mass is 10.2. The minimum atomic E-state index is -0.452. The lowest BCUT2D eigenvalue weighted by molar-refractivity contribution is 0.0600. The van der Waals surface area contributed by atoms with Crippen molar-refractivity contribution in [3.63, 3.8) is 0 Å². The number of hydrogen-bond acceptors (Lipinski definition) is 7. The first-order valence-electron chi connectivity index (χ1n) is 8.18. The van der Waals surface area contributed by atoms with E-state index < -0.39 is 11.9 Å².